The van der Waals surface area contributed by atoms with Crippen molar-refractivity contribution in [2.45, 2.75) is 32.6 Å². The largest absolute Gasteiger partial charge is 0.497 e. The minimum absolute atomic E-state index is 0.778. The van der Waals surface area contributed by atoms with E-state index in [0.717, 1.165) is 30.4 Å². The van der Waals surface area contributed by atoms with Gasteiger partial charge in [-0.25, -0.2) is 0 Å². The zero-order valence-electron chi connectivity index (χ0n) is 11.5. The zero-order valence-corrected chi connectivity index (χ0v) is 11.5. The molecule has 1 aliphatic rings. The van der Waals surface area contributed by atoms with E-state index in [1.807, 2.05) is 12.1 Å². The quantitative estimate of drug-likeness (QED) is 0.831. The highest BCUT2D eigenvalue weighted by Crippen LogP contribution is 2.30. The monoisotopic (exact) mass is 248 g/mol. The summed E-state index contributed by atoms with van der Waals surface area (Å²) in [7, 11) is 1.69. The number of nitrogens with two attached hydrogens (primary N) is 1. The maximum Gasteiger partial charge on any atom is 0.122 e. The molecule has 2 rings (SSSR count). The molecule has 1 aromatic carbocycles. The summed E-state index contributed by atoms with van der Waals surface area (Å²) < 4.78 is 5.28. The fourth-order valence-electron chi connectivity index (χ4n) is 2.79. The summed E-state index contributed by atoms with van der Waals surface area (Å²) in [4.78, 5) is 2.42. The van der Waals surface area contributed by atoms with Crippen LogP contribution in [0.1, 0.15) is 32.6 Å². The molecule has 1 aromatic rings. The third-order valence-electron chi connectivity index (χ3n) is 3.83. The van der Waals surface area contributed by atoms with E-state index in [1.165, 1.54) is 31.4 Å². The Morgan fingerprint density at radius 1 is 1.28 bits per heavy atom. The fourth-order valence-corrected chi connectivity index (χ4v) is 2.79. The van der Waals surface area contributed by atoms with E-state index in [2.05, 4.69) is 17.9 Å². The third-order valence-corrected chi connectivity index (χ3v) is 3.83. The van der Waals surface area contributed by atoms with E-state index in [-0.39, 0.29) is 0 Å². The smallest absolute Gasteiger partial charge is 0.122 e. The molecule has 3 heteroatoms. The van der Waals surface area contributed by atoms with Gasteiger partial charge in [-0.1, -0.05) is 19.8 Å². The van der Waals surface area contributed by atoms with Gasteiger partial charge in [0.25, 0.3) is 0 Å². The van der Waals surface area contributed by atoms with Crippen LogP contribution >= 0.6 is 0 Å². The molecule has 2 N–H and O–H groups in total. The molecule has 0 spiro atoms. The van der Waals surface area contributed by atoms with Gasteiger partial charge < -0.3 is 15.4 Å². The van der Waals surface area contributed by atoms with Crippen LogP contribution in [0.2, 0.25) is 0 Å². The summed E-state index contributed by atoms with van der Waals surface area (Å²) in [6.45, 7) is 4.55. The molecule has 0 aliphatic carbocycles. The van der Waals surface area contributed by atoms with E-state index in [9.17, 15) is 0 Å². The number of benzene rings is 1. The summed E-state index contributed by atoms with van der Waals surface area (Å²) in [6.07, 6.45) is 5.26. The average molecular weight is 248 g/mol. The van der Waals surface area contributed by atoms with Crippen molar-refractivity contribution in [3.8, 4) is 5.75 Å². The highest BCUT2D eigenvalue weighted by Gasteiger charge is 2.19. The van der Waals surface area contributed by atoms with Crippen LogP contribution in [0.3, 0.4) is 0 Å². The lowest BCUT2D eigenvalue weighted by atomic mass is 9.92. The average Bonchev–Trinajstić information content (AvgIpc) is 2.39. The lowest BCUT2D eigenvalue weighted by Crippen LogP contribution is -2.33. The molecule has 1 fully saturated rings. The number of ether oxygens (including phenoxy) is 1. The van der Waals surface area contributed by atoms with Gasteiger partial charge >= 0.3 is 0 Å². The molecule has 0 atom stereocenters. The first-order valence-corrected chi connectivity index (χ1v) is 6.92. The van der Waals surface area contributed by atoms with Gasteiger partial charge in [-0.2, -0.15) is 0 Å². The van der Waals surface area contributed by atoms with E-state index < -0.39 is 0 Å². The summed E-state index contributed by atoms with van der Waals surface area (Å²) >= 11 is 0. The molecular formula is C15H24N2O. The Labute approximate surface area is 110 Å². The van der Waals surface area contributed by atoms with Gasteiger partial charge in [0.1, 0.15) is 5.75 Å². The van der Waals surface area contributed by atoms with Crippen molar-refractivity contribution in [1.29, 1.82) is 0 Å². The van der Waals surface area contributed by atoms with Crippen LogP contribution in [0.4, 0.5) is 11.4 Å². The molecule has 0 amide bonds. The lowest BCUT2D eigenvalue weighted by Gasteiger charge is -2.33. The Balaban J connectivity index is 2.02. The van der Waals surface area contributed by atoms with Crippen LogP contribution in [-0.2, 0) is 0 Å². The highest BCUT2D eigenvalue weighted by molar-refractivity contribution is 5.60. The van der Waals surface area contributed by atoms with E-state index in [0.29, 0.717) is 0 Å². The molecule has 3 nitrogen and oxygen atoms in total. The Morgan fingerprint density at radius 3 is 2.61 bits per heavy atom. The zero-order chi connectivity index (χ0) is 13.0. The molecule has 0 radical (unpaired) electrons. The van der Waals surface area contributed by atoms with Crippen LogP contribution in [0.15, 0.2) is 18.2 Å². The topological polar surface area (TPSA) is 38.5 Å². The number of piperidine rings is 1. The van der Waals surface area contributed by atoms with E-state index in [4.69, 9.17) is 10.5 Å². The maximum absolute atomic E-state index is 5.91. The van der Waals surface area contributed by atoms with Crippen LogP contribution in [0.25, 0.3) is 0 Å². The number of rotatable bonds is 4. The minimum Gasteiger partial charge on any atom is -0.497 e. The van der Waals surface area contributed by atoms with Crippen molar-refractivity contribution in [2.75, 3.05) is 30.8 Å². The number of nitrogens with zero attached hydrogens (tertiary/aromatic N) is 1. The number of hydrogen-bond donors (Lipinski definition) is 1. The van der Waals surface area contributed by atoms with E-state index in [1.54, 1.807) is 7.11 Å². The Hall–Kier alpha value is -1.38. The predicted octanol–water partition coefficient (Wildman–Crippen LogP) is 3.29. The Bertz CT molecular complexity index is 384. The first kappa shape index (κ1) is 13.1. The van der Waals surface area contributed by atoms with Gasteiger partial charge in [0.2, 0.25) is 0 Å². The Morgan fingerprint density at radius 2 is 2.00 bits per heavy atom. The van der Waals surface area contributed by atoms with Crippen molar-refractivity contribution < 1.29 is 4.74 Å². The number of nitrogen functional groups attached to an aromatic ring is 1. The summed E-state index contributed by atoms with van der Waals surface area (Å²) in [5, 5.41) is 0. The number of methoxy groups -OCH3 is 1. The molecular weight excluding hydrogens is 224 g/mol. The molecule has 1 aliphatic heterocycles. The van der Waals surface area contributed by atoms with Crippen molar-refractivity contribution in [1.82, 2.24) is 0 Å². The standard InChI is InChI=1S/C15H24N2O/c1-3-4-12-5-7-17(8-6-12)14-9-13(16)10-15(11-14)18-2/h9-12H,3-8,16H2,1-2H3. The molecule has 18 heavy (non-hydrogen) atoms. The molecule has 0 aromatic heterocycles. The number of hydrogen-bond acceptors (Lipinski definition) is 3. The second-order valence-corrected chi connectivity index (χ2v) is 5.18. The maximum atomic E-state index is 5.91. The lowest BCUT2D eigenvalue weighted by molar-refractivity contribution is 0.378. The van der Waals surface area contributed by atoms with Crippen LogP contribution in [-0.4, -0.2) is 20.2 Å². The first-order valence-electron chi connectivity index (χ1n) is 6.92. The summed E-state index contributed by atoms with van der Waals surface area (Å²) in [5.41, 5.74) is 7.88. The van der Waals surface area contributed by atoms with Gasteiger partial charge in [-0.05, 0) is 24.8 Å². The van der Waals surface area contributed by atoms with Gasteiger partial charge in [0, 0.05) is 36.6 Å². The van der Waals surface area contributed by atoms with Gasteiger partial charge in [0.05, 0.1) is 7.11 Å². The van der Waals surface area contributed by atoms with Crippen molar-refractivity contribution in [3.63, 3.8) is 0 Å². The predicted molar refractivity (Wildman–Crippen MR) is 77.3 cm³/mol. The van der Waals surface area contributed by atoms with Crippen molar-refractivity contribution in [3.05, 3.63) is 18.2 Å². The van der Waals surface area contributed by atoms with Crippen molar-refractivity contribution in [2.24, 2.45) is 5.92 Å². The second-order valence-electron chi connectivity index (χ2n) is 5.18. The summed E-state index contributed by atoms with van der Waals surface area (Å²) in [5.74, 6) is 1.76. The summed E-state index contributed by atoms with van der Waals surface area (Å²) in [6, 6.07) is 5.99. The second kappa shape index (κ2) is 5.98. The normalized spacial score (nSPS) is 16.9. The minimum atomic E-state index is 0.778. The highest BCUT2D eigenvalue weighted by atomic mass is 16.5. The van der Waals surface area contributed by atoms with Crippen LogP contribution < -0.4 is 15.4 Å². The first-order chi connectivity index (χ1) is 8.72. The SMILES string of the molecule is CCCC1CCN(c2cc(N)cc(OC)c2)CC1. The van der Waals surface area contributed by atoms with Crippen LogP contribution in [0.5, 0.6) is 5.75 Å². The van der Waals surface area contributed by atoms with Crippen molar-refractivity contribution >= 4 is 11.4 Å². The van der Waals surface area contributed by atoms with E-state index >= 15 is 0 Å². The Kier molecular flexibility index (Phi) is 4.34. The van der Waals surface area contributed by atoms with Gasteiger partial charge in [-0.15, -0.1) is 0 Å². The molecule has 0 saturated carbocycles. The molecule has 1 heterocycles. The van der Waals surface area contributed by atoms with Gasteiger partial charge in [-0.3, -0.25) is 0 Å². The molecule has 0 unspecified atom stereocenters. The fraction of sp³-hybridized carbons (Fsp3) is 0.600. The molecule has 1 saturated heterocycles. The number of anilines is 2. The molecule has 100 valence electrons. The van der Waals surface area contributed by atoms with Crippen LogP contribution in [0, 0.1) is 5.92 Å². The third kappa shape index (κ3) is 3.09. The molecule has 0 bridgehead atoms. The van der Waals surface area contributed by atoms with Gasteiger partial charge in [0.15, 0.2) is 0 Å².